The number of ether oxygens (including phenoxy) is 2. The Hall–Kier alpha value is -2.80. The van der Waals surface area contributed by atoms with Crippen LogP contribution in [0.15, 0.2) is 48.1 Å². The predicted octanol–water partition coefficient (Wildman–Crippen LogP) is 1.61. The number of fused-ring (bicyclic) bond motifs is 1. The Balaban J connectivity index is 1.78. The Bertz CT molecular complexity index is 866. The van der Waals surface area contributed by atoms with Crippen molar-refractivity contribution in [2.45, 2.75) is 18.6 Å². The summed E-state index contributed by atoms with van der Waals surface area (Å²) in [4.78, 5) is 21.5. The van der Waals surface area contributed by atoms with E-state index in [1.165, 1.54) is 0 Å². The number of imidazole rings is 1. The maximum atomic E-state index is 12.1. The quantitative estimate of drug-likeness (QED) is 0.862. The zero-order chi connectivity index (χ0) is 17.4. The molecule has 0 bridgehead atoms. The molecule has 3 heterocycles. The summed E-state index contributed by atoms with van der Waals surface area (Å²) in [7, 11) is 1.62. The summed E-state index contributed by atoms with van der Waals surface area (Å²) in [5.74, 6) is 0.246. The molecule has 2 aliphatic heterocycles. The number of rotatable bonds is 5. The van der Waals surface area contributed by atoms with Crippen molar-refractivity contribution in [3.63, 3.8) is 0 Å². The Kier molecular flexibility index (Phi) is 3.93. The van der Waals surface area contributed by atoms with E-state index in [0.717, 1.165) is 29.6 Å². The molecule has 1 aromatic carbocycles. The number of methoxy groups -OCH3 is 1. The van der Waals surface area contributed by atoms with E-state index in [0.29, 0.717) is 18.0 Å². The highest BCUT2D eigenvalue weighted by Gasteiger charge is 2.35. The monoisotopic (exact) mass is 340 g/mol. The molecule has 1 unspecified atom stereocenters. The van der Waals surface area contributed by atoms with Crippen LogP contribution in [-0.2, 0) is 14.3 Å². The fourth-order valence-electron chi connectivity index (χ4n) is 3.37. The number of H-pyrrole nitrogens is 1. The number of carbonyl (C=O) groups is 1. The number of benzene rings is 1. The molecule has 1 saturated heterocycles. The maximum absolute atomic E-state index is 12.1. The lowest BCUT2D eigenvalue weighted by Gasteiger charge is -2.41. The van der Waals surface area contributed by atoms with E-state index in [2.05, 4.69) is 9.97 Å². The predicted molar refractivity (Wildman–Crippen MR) is 92.3 cm³/mol. The van der Waals surface area contributed by atoms with Crippen LogP contribution in [0.3, 0.4) is 0 Å². The van der Waals surface area contributed by atoms with Crippen LogP contribution in [0, 0.1) is 0 Å². The SMILES string of the molecule is COC1=CC=C(C(N)=O)C(c2ccc3nc[nH]c3c2)N1C[C@@H]1CCO1. The highest BCUT2D eigenvalue weighted by molar-refractivity contribution is 5.94. The first-order chi connectivity index (χ1) is 12.2. The van der Waals surface area contributed by atoms with Gasteiger partial charge in [0, 0.05) is 18.7 Å². The van der Waals surface area contributed by atoms with E-state index in [1.807, 2.05) is 23.1 Å². The van der Waals surface area contributed by atoms with Gasteiger partial charge < -0.3 is 25.1 Å². The number of nitrogens with zero attached hydrogens (tertiary/aromatic N) is 2. The van der Waals surface area contributed by atoms with Gasteiger partial charge in [0.1, 0.15) is 0 Å². The van der Waals surface area contributed by atoms with E-state index >= 15 is 0 Å². The molecule has 7 nitrogen and oxygen atoms in total. The number of hydrogen-bond donors (Lipinski definition) is 2. The lowest BCUT2D eigenvalue weighted by atomic mass is 9.93. The van der Waals surface area contributed by atoms with Crippen LogP contribution in [0.5, 0.6) is 0 Å². The number of nitrogens with two attached hydrogens (primary N) is 1. The highest BCUT2D eigenvalue weighted by Crippen LogP contribution is 2.37. The molecular formula is C18H20N4O3. The molecule has 1 fully saturated rings. The van der Waals surface area contributed by atoms with Gasteiger partial charge in [0.2, 0.25) is 5.91 Å². The number of aromatic nitrogens is 2. The number of amides is 1. The van der Waals surface area contributed by atoms with Gasteiger partial charge in [0.05, 0.1) is 36.6 Å². The van der Waals surface area contributed by atoms with Crippen LogP contribution in [0.1, 0.15) is 18.0 Å². The first kappa shape index (κ1) is 15.7. The Morgan fingerprint density at radius 1 is 1.48 bits per heavy atom. The fraction of sp³-hybridized carbons (Fsp3) is 0.333. The third kappa shape index (κ3) is 2.76. The summed E-state index contributed by atoms with van der Waals surface area (Å²) >= 11 is 0. The second-order valence-corrected chi connectivity index (χ2v) is 6.21. The number of aromatic amines is 1. The molecule has 1 aromatic heterocycles. The van der Waals surface area contributed by atoms with Gasteiger partial charge in [-0.25, -0.2) is 4.98 Å². The number of allylic oxidation sites excluding steroid dienone is 2. The molecule has 7 heteroatoms. The van der Waals surface area contributed by atoms with Gasteiger partial charge in [-0.1, -0.05) is 6.07 Å². The van der Waals surface area contributed by atoms with Crippen molar-refractivity contribution in [2.75, 3.05) is 20.3 Å². The van der Waals surface area contributed by atoms with Gasteiger partial charge in [0.15, 0.2) is 5.88 Å². The van der Waals surface area contributed by atoms with Crippen LogP contribution < -0.4 is 5.73 Å². The van der Waals surface area contributed by atoms with Gasteiger partial charge in [-0.15, -0.1) is 0 Å². The number of hydrogen-bond acceptors (Lipinski definition) is 5. The van der Waals surface area contributed by atoms with Gasteiger partial charge in [-0.3, -0.25) is 4.79 Å². The molecule has 0 radical (unpaired) electrons. The number of primary amides is 1. The highest BCUT2D eigenvalue weighted by atomic mass is 16.5. The molecule has 4 rings (SSSR count). The smallest absolute Gasteiger partial charge is 0.247 e. The van der Waals surface area contributed by atoms with Crippen molar-refractivity contribution in [2.24, 2.45) is 5.73 Å². The van der Waals surface area contributed by atoms with E-state index < -0.39 is 5.91 Å². The molecule has 3 N–H and O–H groups in total. The molecule has 1 amide bonds. The molecule has 2 aromatic rings. The average Bonchev–Trinajstić information content (AvgIpc) is 3.04. The summed E-state index contributed by atoms with van der Waals surface area (Å²) in [5.41, 5.74) is 8.92. The van der Waals surface area contributed by atoms with Crippen molar-refractivity contribution in [1.29, 1.82) is 0 Å². The second-order valence-electron chi connectivity index (χ2n) is 6.21. The van der Waals surface area contributed by atoms with E-state index in [-0.39, 0.29) is 12.1 Å². The van der Waals surface area contributed by atoms with E-state index in [1.54, 1.807) is 25.6 Å². The zero-order valence-corrected chi connectivity index (χ0v) is 13.9. The molecular weight excluding hydrogens is 320 g/mol. The van der Waals surface area contributed by atoms with Crippen molar-refractivity contribution < 1.29 is 14.3 Å². The Labute approximate surface area is 145 Å². The van der Waals surface area contributed by atoms with Crippen LogP contribution in [0.2, 0.25) is 0 Å². The standard InChI is InChI=1S/C18H20N4O3/c1-24-16-5-3-13(18(19)23)17(22(16)9-12-6-7-25-12)11-2-4-14-15(8-11)21-10-20-14/h2-5,8,10,12,17H,6-7,9H2,1H3,(H2,19,23)(H,20,21)/t12-,17?/m0/s1. The molecule has 2 aliphatic rings. The molecule has 0 spiro atoms. The van der Waals surface area contributed by atoms with Gasteiger partial charge >= 0.3 is 0 Å². The largest absolute Gasteiger partial charge is 0.482 e. The summed E-state index contributed by atoms with van der Waals surface area (Å²) < 4.78 is 11.1. The number of nitrogens with one attached hydrogen (secondary N) is 1. The molecule has 0 saturated carbocycles. The summed E-state index contributed by atoms with van der Waals surface area (Å²) in [6, 6.07) is 5.58. The minimum absolute atomic E-state index is 0.129. The van der Waals surface area contributed by atoms with E-state index in [9.17, 15) is 4.79 Å². The topological polar surface area (TPSA) is 93.5 Å². The Morgan fingerprint density at radius 2 is 2.32 bits per heavy atom. The van der Waals surface area contributed by atoms with Crippen molar-refractivity contribution >= 4 is 16.9 Å². The summed E-state index contributed by atoms with van der Waals surface area (Å²) in [6.07, 6.45) is 6.30. The number of carbonyl (C=O) groups excluding carboxylic acids is 1. The normalized spacial score (nSPS) is 23.0. The van der Waals surface area contributed by atoms with Gasteiger partial charge in [0.25, 0.3) is 0 Å². The van der Waals surface area contributed by atoms with E-state index in [4.69, 9.17) is 15.2 Å². The third-order valence-electron chi connectivity index (χ3n) is 4.74. The lowest BCUT2D eigenvalue weighted by molar-refractivity contribution is -0.116. The first-order valence-electron chi connectivity index (χ1n) is 8.24. The van der Waals surface area contributed by atoms with Crippen molar-refractivity contribution in [1.82, 2.24) is 14.9 Å². The molecule has 130 valence electrons. The average molecular weight is 340 g/mol. The maximum Gasteiger partial charge on any atom is 0.247 e. The van der Waals surface area contributed by atoms with Gasteiger partial charge in [-0.2, -0.15) is 0 Å². The first-order valence-corrected chi connectivity index (χ1v) is 8.24. The lowest BCUT2D eigenvalue weighted by Crippen LogP contribution is -2.44. The Morgan fingerprint density at radius 3 is 3.00 bits per heavy atom. The third-order valence-corrected chi connectivity index (χ3v) is 4.74. The minimum atomic E-state index is -0.444. The second kappa shape index (κ2) is 6.25. The van der Waals surface area contributed by atoms with Crippen LogP contribution in [-0.4, -0.2) is 47.1 Å². The minimum Gasteiger partial charge on any atom is -0.482 e. The fourth-order valence-corrected chi connectivity index (χ4v) is 3.37. The van der Waals surface area contributed by atoms with Crippen LogP contribution in [0.4, 0.5) is 0 Å². The summed E-state index contributed by atoms with van der Waals surface area (Å²) in [6.45, 7) is 1.41. The summed E-state index contributed by atoms with van der Waals surface area (Å²) in [5, 5.41) is 0. The van der Waals surface area contributed by atoms with Gasteiger partial charge in [-0.05, 0) is 36.3 Å². The zero-order valence-electron chi connectivity index (χ0n) is 13.9. The van der Waals surface area contributed by atoms with Crippen molar-refractivity contribution in [3.05, 3.63) is 53.7 Å². The van der Waals surface area contributed by atoms with Crippen molar-refractivity contribution in [3.8, 4) is 0 Å². The van der Waals surface area contributed by atoms with Crippen LogP contribution in [0.25, 0.3) is 11.0 Å². The van der Waals surface area contributed by atoms with Crippen LogP contribution >= 0.6 is 0 Å². The molecule has 0 aliphatic carbocycles. The molecule has 2 atom stereocenters. The molecule has 25 heavy (non-hydrogen) atoms.